The highest BCUT2D eigenvalue weighted by Crippen LogP contribution is 2.45. The predicted molar refractivity (Wildman–Crippen MR) is 91.0 cm³/mol. The van der Waals surface area contributed by atoms with Crippen molar-refractivity contribution in [3.63, 3.8) is 0 Å². The fourth-order valence-corrected chi connectivity index (χ4v) is 3.95. The maximum Gasteiger partial charge on any atom is 0.226 e. The number of carbonyl (C=O) groups is 1. The van der Waals surface area contributed by atoms with Gasteiger partial charge in [0.2, 0.25) is 5.95 Å². The van der Waals surface area contributed by atoms with Crippen molar-refractivity contribution in [1.82, 2.24) is 14.8 Å². The Bertz CT molecular complexity index is 837. The summed E-state index contributed by atoms with van der Waals surface area (Å²) in [7, 11) is 0. The lowest BCUT2D eigenvalue weighted by atomic mass is 9.73. The largest absolute Gasteiger partial charge is 0.328 e. The minimum Gasteiger partial charge on any atom is -0.328 e. The van der Waals surface area contributed by atoms with Gasteiger partial charge in [-0.1, -0.05) is 41.9 Å². The van der Waals surface area contributed by atoms with Gasteiger partial charge >= 0.3 is 0 Å². The molecule has 2 heterocycles. The van der Waals surface area contributed by atoms with Crippen molar-refractivity contribution < 1.29 is 4.79 Å². The highest BCUT2D eigenvalue weighted by molar-refractivity contribution is 9.10. The number of anilines is 1. The van der Waals surface area contributed by atoms with Crippen molar-refractivity contribution >= 4 is 27.7 Å². The molecule has 2 aliphatic rings. The first-order valence-corrected chi connectivity index (χ1v) is 8.42. The van der Waals surface area contributed by atoms with Gasteiger partial charge < -0.3 is 5.32 Å². The molecule has 1 unspecified atom stereocenters. The number of aromatic nitrogens is 3. The molecule has 1 aliphatic heterocycles. The third-order valence-electron chi connectivity index (χ3n) is 4.44. The molecule has 1 aromatic heterocycles. The van der Waals surface area contributed by atoms with Crippen molar-refractivity contribution in [2.45, 2.75) is 32.7 Å². The van der Waals surface area contributed by atoms with Crippen LogP contribution in [0.25, 0.3) is 0 Å². The van der Waals surface area contributed by atoms with E-state index in [9.17, 15) is 4.79 Å². The zero-order chi connectivity index (χ0) is 16.2. The number of ketones is 1. The highest BCUT2D eigenvalue weighted by Gasteiger charge is 2.41. The zero-order valence-electron chi connectivity index (χ0n) is 13.0. The Hall–Kier alpha value is -1.95. The van der Waals surface area contributed by atoms with Gasteiger partial charge in [0.15, 0.2) is 5.78 Å². The molecule has 0 saturated carbocycles. The topological polar surface area (TPSA) is 59.8 Å². The second-order valence-corrected chi connectivity index (χ2v) is 7.86. The maximum atomic E-state index is 12.9. The van der Waals surface area contributed by atoms with Crippen LogP contribution >= 0.6 is 15.9 Å². The van der Waals surface area contributed by atoms with E-state index < -0.39 is 0 Å². The quantitative estimate of drug-likeness (QED) is 0.828. The molecule has 1 atom stereocenters. The molecule has 0 saturated heterocycles. The lowest BCUT2D eigenvalue weighted by molar-refractivity contribution is -0.118. The second-order valence-electron chi connectivity index (χ2n) is 6.94. The van der Waals surface area contributed by atoms with Crippen LogP contribution in [0.2, 0.25) is 0 Å². The smallest absolute Gasteiger partial charge is 0.226 e. The molecule has 4 rings (SSSR count). The Labute approximate surface area is 142 Å². The Kier molecular flexibility index (Phi) is 3.20. The molecule has 1 aliphatic carbocycles. The van der Waals surface area contributed by atoms with Crippen molar-refractivity contribution in [3.8, 4) is 0 Å². The molecule has 6 heteroatoms. The number of hydrogen-bond acceptors (Lipinski definition) is 4. The number of carbonyl (C=O) groups excluding carboxylic acids is 1. The number of halogens is 1. The summed E-state index contributed by atoms with van der Waals surface area (Å²) < 4.78 is 2.79. The summed E-state index contributed by atoms with van der Waals surface area (Å²) in [6.07, 6.45) is 2.93. The van der Waals surface area contributed by atoms with Crippen LogP contribution in [0.15, 0.2) is 46.3 Å². The number of allylic oxidation sites excluding steroid dienone is 2. The Morgan fingerprint density at radius 3 is 2.96 bits per heavy atom. The van der Waals surface area contributed by atoms with E-state index in [-0.39, 0.29) is 17.2 Å². The highest BCUT2D eigenvalue weighted by atomic mass is 79.9. The van der Waals surface area contributed by atoms with Crippen LogP contribution in [0.4, 0.5) is 5.95 Å². The van der Waals surface area contributed by atoms with Gasteiger partial charge in [-0.25, -0.2) is 4.68 Å². The van der Waals surface area contributed by atoms with E-state index in [0.717, 1.165) is 27.7 Å². The van der Waals surface area contributed by atoms with E-state index in [4.69, 9.17) is 0 Å². The first-order valence-electron chi connectivity index (χ1n) is 7.63. The predicted octanol–water partition coefficient (Wildman–Crippen LogP) is 3.70. The zero-order valence-corrected chi connectivity index (χ0v) is 14.6. The average Bonchev–Trinajstić information content (AvgIpc) is 2.91. The molecular formula is C17H17BrN4O. The fourth-order valence-electron chi connectivity index (χ4n) is 3.53. The first-order chi connectivity index (χ1) is 10.9. The molecule has 5 nitrogen and oxygen atoms in total. The van der Waals surface area contributed by atoms with E-state index in [1.807, 2.05) is 24.3 Å². The first kappa shape index (κ1) is 14.6. The Morgan fingerprint density at radius 1 is 1.35 bits per heavy atom. The summed E-state index contributed by atoms with van der Waals surface area (Å²) in [4.78, 5) is 17.2. The monoisotopic (exact) mass is 372 g/mol. The van der Waals surface area contributed by atoms with Gasteiger partial charge in [-0.2, -0.15) is 10.1 Å². The second kappa shape index (κ2) is 5.03. The normalized spacial score (nSPS) is 22.4. The summed E-state index contributed by atoms with van der Waals surface area (Å²) in [5.41, 5.74) is 2.80. The van der Waals surface area contributed by atoms with Crippen LogP contribution in [-0.4, -0.2) is 20.5 Å². The molecule has 2 aromatic rings. The molecule has 0 radical (unpaired) electrons. The molecule has 0 bridgehead atoms. The molecule has 23 heavy (non-hydrogen) atoms. The number of rotatable bonds is 1. The van der Waals surface area contributed by atoms with E-state index in [1.165, 1.54) is 6.33 Å². The number of benzene rings is 1. The van der Waals surface area contributed by atoms with Crippen molar-refractivity contribution in [3.05, 3.63) is 51.9 Å². The van der Waals surface area contributed by atoms with E-state index in [1.54, 1.807) is 4.68 Å². The minimum atomic E-state index is -0.218. The van der Waals surface area contributed by atoms with Crippen molar-refractivity contribution in [2.75, 3.05) is 5.32 Å². The van der Waals surface area contributed by atoms with Gasteiger partial charge in [-0.15, -0.1) is 0 Å². The van der Waals surface area contributed by atoms with Crippen LogP contribution in [0, 0.1) is 5.41 Å². The summed E-state index contributed by atoms with van der Waals surface area (Å²) in [5, 5.41) is 7.66. The standard InChI is InChI=1S/C17H17BrN4O/c1-17(2)7-12-14(13(23)8-17)15(10-4-3-5-11(18)6-10)22-16(21-12)19-9-20-22/h3-6,9,15H,7-8H2,1-2H3,(H,19,20,21). The van der Waals surface area contributed by atoms with E-state index in [2.05, 4.69) is 45.2 Å². The number of fused-ring (bicyclic) bond motifs is 1. The van der Waals surface area contributed by atoms with Crippen LogP contribution < -0.4 is 5.32 Å². The summed E-state index contributed by atoms with van der Waals surface area (Å²) in [6.45, 7) is 4.26. The lowest BCUT2D eigenvalue weighted by Crippen LogP contribution is -2.36. The molecule has 0 amide bonds. The van der Waals surface area contributed by atoms with Gasteiger partial charge in [-0.3, -0.25) is 4.79 Å². The Balaban J connectivity index is 1.91. The number of Topliss-reactive ketones (excluding diaryl/α,β-unsaturated/α-hetero) is 1. The molecule has 118 valence electrons. The van der Waals surface area contributed by atoms with Gasteiger partial charge in [0.25, 0.3) is 0 Å². The molecular weight excluding hydrogens is 356 g/mol. The summed E-state index contributed by atoms with van der Waals surface area (Å²) >= 11 is 3.52. The van der Waals surface area contributed by atoms with Crippen LogP contribution in [-0.2, 0) is 4.79 Å². The SMILES string of the molecule is CC1(C)CC(=O)C2=C(C1)Nc1ncnn1C2c1cccc(Br)c1. The molecule has 1 aromatic carbocycles. The van der Waals surface area contributed by atoms with Gasteiger partial charge in [0.1, 0.15) is 12.4 Å². The van der Waals surface area contributed by atoms with Crippen molar-refractivity contribution in [1.29, 1.82) is 0 Å². The average molecular weight is 373 g/mol. The lowest BCUT2D eigenvalue weighted by Gasteiger charge is -2.38. The van der Waals surface area contributed by atoms with E-state index in [0.29, 0.717) is 12.4 Å². The number of nitrogens with one attached hydrogen (secondary N) is 1. The van der Waals surface area contributed by atoms with Crippen molar-refractivity contribution in [2.24, 2.45) is 5.41 Å². The third-order valence-corrected chi connectivity index (χ3v) is 4.93. The van der Waals surface area contributed by atoms with Crippen LogP contribution in [0.3, 0.4) is 0 Å². The summed E-state index contributed by atoms with van der Waals surface area (Å²) in [5.74, 6) is 0.883. The third kappa shape index (κ3) is 2.41. The fraction of sp³-hybridized carbons (Fsp3) is 0.353. The van der Waals surface area contributed by atoms with Gasteiger partial charge in [0.05, 0.1) is 0 Å². The minimum absolute atomic E-state index is 0.0348. The molecule has 0 spiro atoms. The Morgan fingerprint density at radius 2 is 2.17 bits per heavy atom. The molecule has 0 fully saturated rings. The van der Waals surface area contributed by atoms with Crippen LogP contribution in [0.5, 0.6) is 0 Å². The summed E-state index contributed by atoms with van der Waals surface area (Å²) in [6, 6.07) is 7.82. The maximum absolute atomic E-state index is 12.9. The van der Waals surface area contributed by atoms with Gasteiger partial charge in [0, 0.05) is 22.2 Å². The number of hydrogen-bond donors (Lipinski definition) is 1. The molecule has 1 N–H and O–H groups in total. The van der Waals surface area contributed by atoms with Gasteiger partial charge in [-0.05, 0) is 29.5 Å². The number of nitrogens with zero attached hydrogens (tertiary/aromatic N) is 3. The van der Waals surface area contributed by atoms with Crippen LogP contribution in [0.1, 0.15) is 38.3 Å². The van der Waals surface area contributed by atoms with E-state index >= 15 is 0 Å².